The van der Waals surface area contributed by atoms with E-state index < -0.39 is 0 Å². The van der Waals surface area contributed by atoms with E-state index in [9.17, 15) is 9.59 Å². The highest BCUT2D eigenvalue weighted by Gasteiger charge is 2.21. The number of anilines is 1. The third-order valence-corrected chi connectivity index (χ3v) is 2.80. The number of hydrogen-bond acceptors (Lipinski definition) is 2. The van der Waals surface area contributed by atoms with Gasteiger partial charge in [0.1, 0.15) is 0 Å². The fourth-order valence-electron chi connectivity index (χ4n) is 1.53. The molecule has 0 aliphatic carbocycles. The molecule has 1 aromatic rings. The smallest absolute Gasteiger partial charge is 0.228 e. The molecular weight excluding hydrogens is 239 g/mol. The number of fused-ring (bicyclic) bond motifs is 1. The fraction of sp³-hybridized carbons (Fsp3) is 0.200. The van der Waals surface area contributed by atoms with Gasteiger partial charge in [-0.1, -0.05) is 11.6 Å². The van der Waals surface area contributed by atoms with Gasteiger partial charge in [0, 0.05) is 11.3 Å². The summed E-state index contributed by atoms with van der Waals surface area (Å²) in [5.41, 5.74) is 1.84. The normalized spacial score (nSPS) is 13.6. The largest absolute Gasteiger partial charge is 0.325 e. The van der Waals surface area contributed by atoms with E-state index in [2.05, 4.69) is 5.32 Å². The number of hydrogen-bond donors (Lipinski definition) is 1. The summed E-state index contributed by atoms with van der Waals surface area (Å²) in [6, 6.07) is 3.21. The quantitative estimate of drug-likeness (QED) is 0.642. The van der Waals surface area contributed by atoms with Crippen molar-refractivity contribution < 1.29 is 9.59 Å². The number of nitrogens with one attached hydrogen (secondary N) is 1. The minimum atomic E-state index is -0.233. The van der Waals surface area contributed by atoms with Gasteiger partial charge in [0.05, 0.1) is 17.3 Å². The van der Waals surface area contributed by atoms with Crippen LogP contribution in [0.1, 0.15) is 15.9 Å². The van der Waals surface area contributed by atoms with E-state index in [1.54, 1.807) is 12.1 Å². The number of Topliss-reactive ketones (excluding diaryl/α,β-unsaturated/α-hetero) is 1. The summed E-state index contributed by atoms with van der Waals surface area (Å²) in [5.74, 6) is -0.430. The molecule has 0 atom stereocenters. The summed E-state index contributed by atoms with van der Waals surface area (Å²) in [6.45, 7) is 0. The SMILES string of the molecule is O=C1Cc2cc(C(=O)[14CH2]Cl)c(Cl)cc2N1. The number of carbonyl (C=O) groups is 2. The van der Waals surface area contributed by atoms with Crippen LogP contribution in [-0.4, -0.2) is 17.6 Å². The fourth-order valence-corrected chi connectivity index (χ4v) is 1.95. The Balaban J connectivity index is 2.48. The number of ketones is 1. The first-order valence-corrected chi connectivity index (χ1v) is 5.24. The van der Waals surface area contributed by atoms with Crippen molar-refractivity contribution in [2.75, 3.05) is 11.2 Å². The third kappa shape index (κ3) is 1.85. The predicted molar refractivity (Wildman–Crippen MR) is 58.8 cm³/mol. The molecule has 0 bridgehead atoms. The highest BCUT2D eigenvalue weighted by molar-refractivity contribution is 6.37. The van der Waals surface area contributed by atoms with E-state index >= 15 is 0 Å². The van der Waals surface area contributed by atoms with E-state index in [4.69, 9.17) is 23.2 Å². The van der Waals surface area contributed by atoms with Crippen molar-refractivity contribution in [1.82, 2.24) is 0 Å². The Morgan fingerprint density at radius 1 is 1.47 bits per heavy atom. The van der Waals surface area contributed by atoms with Crippen molar-refractivity contribution in [1.29, 1.82) is 0 Å². The van der Waals surface area contributed by atoms with Gasteiger partial charge in [-0.2, -0.15) is 0 Å². The predicted octanol–water partition coefficient (Wildman–Crippen LogP) is 2.26. The lowest BCUT2D eigenvalue weighted by atomic mass is 10.1. The molecule has 2 rings (SSSR count). The summed E-state index contributed by atoms with van der Waals surface area (Å²) in [6.07, 6.45) is 0.287. The molecule has 0 radical (unpaired) electrons. The number of amides is 1. The molecule has 1 aliphatic rings. The van der Waals surface area contributed by atoms with Crippen LogP contribution in [0.25, 0.3) is 0 Å². The summed E-state index contributed by atoms with van der Waals surface area (Å²) >= 11 is 11.3. The number of halogens is 2. The van der Waals surface area contributed by atoms with Crippen LogP contribution in [0.2, 0.25) is 5.02 Å². The molecule has 0 fully saturated rings. The second kappa shape index (κ2) is 3.83. The maximum atomic E-state index is 11.4. The standard InChI is InChI=1S/C10H7Cl2NO2/c11-4-9(14)6-1-5-2-10(15)13-8(5)3-7(6)12/h1,3H,2,4H2,(H,13,15)/i4+2. The van der Waals surface area contributed by atoms with Gasteiger partial charge < -0.3 is 5.32 Å². The zero-order valence-corrected chi connectivity index (χ0v) is 9.15. The van der Waals surface area contributed by atoms with Gasteiger partial charge in [-0.05, 0) is 17.7 Å². The minimum absolute atomic E-state index is 0.0865. The van der Waals surface area contributed by atoms with Crippen LogP contribution in [-0.2, 0) is 11.2 Å². The van der Waals surface area contributed by atoms with Crippen molar-refractivity contribution >= 4 is 40.6 Å². The molecule has 1 N–H and O–H groups in total. The molecule has 78 valence electrons. The molecule has 0 spiro atoms. The Bertz CT molecular complexity index is 457. The van der Waals surface area contributed by atoms with Crippen molar-refractivity contribution in [3.8, 4) is 0 Å². The second-order valence-electron chi connectivity index (χ2n) is 3.27. The lowest BCUT2D eigenvalue weighted by molar-refractivity contribution is -0.115. The van der Waals surface area contributed by atoms with E-state index in [0.29, 0.717) is 16.3 Å². The van der Waals surface area contributed by atoms with Crippen LogP contribution in [0.5, 0.6) is 0 Å². The number of alkyl halides is 1. The Labute approximate surface area is 96.4 Å². The average molecular weight is 246 g/mol. The number of rotatable bonds is 2. The molecule has 1 aliphatic heterocycles. The molecule has 1 heterocycles. The minimum Gasteiger partial charge on any atom is -0.325 e. The molecule has 0 unspecified atom stereocenters. The highest BCUT2D eigenvalue weighted by Crippen LogP contribution is 2.30. The Hall–Kier alpha value is -1.06. The van der Waals surface area contributed by atoms with E-state index in [1.165, 1.54) is 0 Å². The molecule has 0 saturated heterocycles. The zero-order chi connectivity index (χ0) is 11.0. The topological polar surface area (TPSA) is 46.2 Å². The summed E-state index contributed by atoms with van der Waals surface area (Å²) in [7, 11) is 0. The zero-order valence-electron chi connectivity index (χ0n) is 7.64. The van der Waals surface area contributed by atoms with E-state index in [0.717, 1.165) is 5.56 Å². The molecule has 1 amide bonds. The van der Waals surface area contributed by atoms with Gasteiger partial charge in [-0.25, -0.2) is 0 Å². The first kappa shape index (κ1) is 10.5. The van der Waals surface area contributed by atoms with Crippen molar-refractivity contribution in [2.45, 2.75) is 6.42 Å². The number of carbonyl (C=O) groups excluding carboxylic acids is 2. The third-order valence-electron chi connectivity index (χ3n) is 2.24. The first-order valence-electron chi connectivity index (χ1n) is 4.33. The van der Waals surface area contributed by atoms with Crippen molar-refractivity contribution in [2.24, 2.45) is 0 Å². The van der Waals surface area contributed by atoms with Gasteiger partial charge in [0.15, 0.2) is 5.78 Å². The highest BCUT2D eigenvalue weighted by atomic mass is 35.5. The van der Waals surface area contributed by atoms with Gasteiger partial charge in [0.25, 0.3) is 0 Å². The lowest BCUT2D eigenvalue weighted by Crippen LogP contribution is -2.03. The van der Waals surface area contributed by atoms with Crippen LogP contribution in [0, 0.1) is 0 Å². The molecule has 5 heteroatoms. The van der Waals surface area contributed by atoms with Crippen LogP contribution >= 0.6 is 23.2 Å². The second-order valence-corrected chi connectivity index (χ2v) is 3.95. The van der Waals surface area contributed by atoms with Crippen LogP contribution in [0.3, 0.4) is 0 Å². The molecule has 15 heavy (non-hydrogen) atoms. The van der Waals surface area contributed by atoms with Crippen LogP contribution in [0.15, 0.2) is 12.1 Å². The van der Waals surface area contributed by atoms with Crippen molar-refractivity contribution in [3.05, 3.63) is 28.3 Å². The van der Waals surface area contributed by atoms with Gasteiger partial charge >= 0.3 is 0 Å². The van der Waals surface area contributed by atoms with Gasteiger partial charge in [0.2, 0.25) is 5.91 Å². The Morgan fingerprint density at radius 3 is 2.87 bits per heavy atom. The Kier molecular flexibility index (Phi) is 2.67. The van der Waals surface area contributed by atoms with Crippen LogP contribution in [0.4, 0.5) is 5.69 Å². The van der Waals surface area contributed by atoms with Gasteiger partial charge in [-0.3, -0.25) is 9.59 Å². The maximum Gasteiger partial charge on any atom is 0.228 e. The molecular formula is C10H7Cl2NO2. The maximum absolute atomic E-state index is 11.4. The molecule has 0 aromatic heterocycles. The average Bonchev–Trinajstić information content (AvgIpc) is 2.55. The molecule has 3 nitrogen and oxygen atoms in total. The van der Waals surface area contributed by atoms with Gasteiger partial charge in [-0.15, -0.1) is 11.6 Å². The van der Waals surface area contributed by atoms with Crippen LogP contribution < -0.4 is 5.32 Å². The van der Waals surface area contributed by atoms with E-state index in [-0.39, 0.29) is 24.0 Å². The summed E-state index contributed by atoms with van der Waals surface area (Å²) in [5, 5.41) is 2.98. The summed E-state index contributed by atoms with van der Waals surface area (Å²) in [4.78, 5) is 22.5. The summed E-state index contributed by atoms with van der Waals surface area (Å²) < 4.78 is 0. The molecule has 1 aromatic carbocycles. The van der Waals surface area contributed by atoms with E-state index in [1.807, 2.05) is 0 Å². The monoisotopic (exact) mass is 245 g/mol. The lowest BCUT2D eigenvalue weighted by Gasteiger charge is -2.04. The van der Waals surface area contributed by atoms with Crippen molar-refractivity contribution in [3.63, 3.8) is 0 Å². The first-order chi connectivity index (χ1) is 7.11. The molecule has 0 saturated carbocycles. The number of benzene rings is 1. The Morgan fingerprint density at radius 2 is 2.20 bits per heavy atom.